The lowest BCUT2D eigenvalue weighted by Crippen LogP contribution is -2.34. The van der Waals surface area contributed by atoms with Crippen molar-refractivity contribution in [3.8, 4) is 0 Å². The third-order valence-electron chi connectivity index (χ3n) is 4.01. The molecule has 0 bridgehead atoms. The minimum absolute atomic E-state index is 0.119. The Kier molecular flexibility index (Phi) is 5.59. The second-order valence-electron chi connectivity index (χ2n) is 5.54. The van der Waals surface area contributed by atoms with Gasteiger partial charge >= 0.3 is 6.03 Å². The molecule has 0 spiro atoms. The van der Waals surface area contributed by atoms with Gasteiger partial charge in [-0.25, -0.2) is 4.79 Å². The minimum atomic E-state index is -0.120. The Labute approximate surface area is 156 Å². The molecule has 1 fully saturated rings. The van der Waals surface area contributed by atoms with Gasteiger partial charge in [-0.3, -0.25) is 0 Å². The molecule has 0 aliphatic carbocycles. The monoisotopic (exact) mass is 380 g/mol. The van der Waals surface area contributed by atoms with Crippen LogP contribution in [-0.2, 0) is 6.42 Å². The van der Waals surface area contributed by atoms with Crippen LogP contribution >= 0.6 is 35.0 Å². The van der Waals surface area contributed by atoms with Gasteiger partial charge in [0, 0.05) is 23.5 Å². The molecule has 0 radical (unpaired) electrons. The smallest absolute Gasteiger partial charge is 0.308 e. The standard InChI is InChI=1S/C18H18Cl2N2OS/c1-2-12-6-8-13(9-7-12)21-18(23)22-10-11-24-17(22)14-4-3-5-15(19)16(14)20/h3-9,17H,2,10-11H2,1H3,(H,21,23)/t17-/m0/s1. The molecule has 1 aliphatic rings. The normalized spacial score (nSPS) is 17.1. The van der Waals surface area contributed by atoms with Crippen molar-refractivity contribution in [2.75, 3.05) is 17.6 Å². The third kappa shape index (κ3) is 3.66. The van der Waals surface area contributed by atoms with Crippen molar-refractivity contribution in [1.29, 1.82) is 0 Å². The predicted molar refractivity (Wildman–Crippen MR) is 103 cm³/mol. The highest BCUT2D eigenvalue weighted by Gasteiger charge is 2.32. The molecule has 1 atom stereocenters. The van der Waals surface area contributed by atoms with Crippen LogP contribution in [0, 0.1) is 0 Å². The van der Waals surface area contributed by atoms with E-state index in [1.807, 2.05) is 36.4 Å². The summed E-state index contributed by atoms with van der Waals surface area (Å²) in [5.74, 6) is 0.871. The summed E-state index contributed by atoms with van der Waals surface area (Å²) in [5.41, 5.74) is 2.92. The summed E-state index contributed by atoms with van der Waals surface area (Å²) in [4.78, 5) is 14.5. The van der Waals surface area contributed by atoms with E-state index in [1.165, 1.54) is 5.56 Å². The molecule has 0 saturated carbocycles. The van der Waals surface area contributed by atoms with Gasteiger partial charge in [-0.2, -0.15) is 0 Å². The Morgan fingerprint density at radius 1 is 1.25 bits per heavy atom. The molecular formula is C18H18Cl2N2OS. The number of aryl methyl sites for hydroxylation is 1. The average Bonchev–Trinajstić information content (AvgIpc) is 3.07. The van der Waals surface area contributed by atoms with Crippen LogP contribution in [0.3, 0.4) is 0 Å². The van der Waals surface area contributed by atoms with Crippen LogP contribution in [0.2, 0.25) is 10.0 Å². The molecule has 3 rings (SSSR count). The largest absolute Gasteiger partial charge is 0.323 e. The summed E-state index contributed by atoms with van der Waals surface area (Å²) in [5, 5.41) is 3.88. The average molecular weight is 381 g/mol. The van der Waals surface area contributed by atoms with Gasteiger partial charge in [-0.1, -0.05) is 54.4 Å². The van der Waals surface area contributed by atoms with Crippen molar-refractivity contribution >= 4 is 46.7 Å². The fourth-order valence-corrected chi connectivity index (χ4v) is 4.42. The zero-order chi connectivity index (χ0) is 17.1. The predicted octanol–water partition coefficient (Wildman–Crippen LogP) is 5.84. The number of anilines is 1. The van der Waals surface area contributed by atoms with E-state index in [0.29, 0.717) is 16.6 Å². The maximum Gasteiger partial charge on any atom is 0.323 e. The van der Waals surface area contributed by atoms with Gasteiger partial charge in [0.05, 0.1) is 10.0 Å². The van der Waals surface area contributed by atoms with Crippen molar-refractivity contribution in [1.82, 2.24) is 4.90 Å². The summed E-state index contributed by atoms with van der Waals surface area (Å²) < 4.78 is 0. The zero-order valence-corrected chi connectivity index (χ0v) is 15.6. The lowest BCUT2D eigenvalue weighted by molar-refractivity contribution is 0.214. The second kappa shape index (κ2) is 7.68. The van der Waals surface area contributed by atoms with E-state index in [-0.39, 0.29) is 11.4 Å². The number of amides is 2. The van der Waals surface area contributed by atoms with E-state index in [2.05, 4.69) is 12.2 Å². The molecule has 0 aromatic heterocycles. The molecule has 1 heterocycles. The lowest BCUT2D eigenvalue weighted by atomic mass is 10.1. The van der Waals surface area contributed by atoms with Crippen molar-refractivity contribution in [2.45, 2.75) is 18.7 Å². The summed E-state index contributed by atoms with van der Waals surface area (Å²) in [7, 11) is 0. The molecule has 2 amide bonds. The summed E-state index contributed by atoms with van der Waals surface area (Å²) in [6, 6.07) is 13.3. The van der Waals surface area contributed by atoms with Gasteiger partial charge in [0.25, 0.3) is 0 Å². The molecule has 2 aromatic carbocycles. The highest BCUT2D eigenvalue weighted by Crippen LogP contribution is 2.42. The van der Waals surface area contributed by atoms with E-state index in [0.717, 1.165) is 23.4 Å². The molecule has 1 saturated heterocycles. The minimum Gasteiger partial charge on any atom is -0.308 e. The fourth-order valence-electron chi connectivity index (χ4n) is 2.67. The Morgan fingerprint density at radius 2 is 2.00 bits per heavy atom. The van der Waals surface area contributed by atoms with Gasteiger partial charge in [0.2, 0.25) is 0 Å². The highest BCUT2D eigenvalue weighted by molar-refractivity contribution is 7.99. The first-order chi connectivity index (χ1) is 11.6. The first-order valence-corrected chi connectivity index (χ1v) is 9.62. The van der Waals surface area contributed by atoms with Crippen LogP contribution in [0.1, 0.15) is 23.4 Å². The lowest BCUT2D eigenvalue weighted by Gasteiger charge is -2.25. The number of carbonyl (C=O) groups excluding carboxylic acids is 1. The zero-order valence-electron chi connectivity index (χ0n) is 13.3. The van der Waals surface area contributed by atoms with Crippen LogP contribution < -0.4 is 5.32 Å². The van der Waals surface area contributed by atoms with Crippen LogP contribution in [0.15, 0.2) is 42.5 Å². The molecular weight excluding hydrogens is 363 g/mol. The van der Waals surface area contributed by atoms with Gasteiger partial charge in [0.15, 0.2) is 0 Å². The first-order valence-electron chi connectivity index (χ1n) is 7.82. The fraction of sp³-hybridized carbons (Fsp3) is 0.278. The van der Waals surface area contributed by atoms with Crippen LogP contribution in [-0.4, -0.2) is 23.2 Å². The molecule has 2 aromatic rings. The molecule has 126 valence electrons. The molecule has 6 heteroatoms. The Morgan fingerprint density at radius 3 is 2.71 bits per heavy atom. The highest BCUT2D eigenvalue weighted by atomic mass is 35.5. The van der Waals surface area contributed by atoms with Crippen LogP contribution in [0.25, 0.3) is 0 Å². The van der Waals surface area contributed by atoms with E-state index in [4.69, 9.17) is 23.2 Å². The van der Waals surface area contributed by atoms with E-state index < -0.39 is 0 Å². The second-order valence-corrected chi connectivity index (χ2v) is 7.51. The Hall–Kier alpha value is -1.36. The number of carbonyl (C=O) groups is 1. The van der Waals surface area contributed by atoms with Crippen molar-refractivity contribution in [3.63, 3.8) is 0 Å². The first kappa shape index (κ1) is 17.5. The quantitative estimate of drug-likeness (QED) is 0.725. The van der Waals surface area contributed by atoms with Crippen molar-refractivity contribution in [3.05, 3.63) is 63.6 Å². The summed E-state index contributed by atoms with van der Waals surface area (Å²) in [6.07, 6.45) is 0.979. The van der Waals surface area contributed by atoms with Gasteiger partial charge < -0.3 is 10.2 Å². The number of hydrogen-bond acceptors (Lipinski definition) is 2. The summed E-state index contributed by atoms with van der Waals surface area (Å²) in [6.45, 7) is 2.78. The number of hydrogen-bond donors (Lipinski definition) is 1. The number of rotatable bonds is 3. The maximum absolute atomic E-state index is 12.7. The summed E-state index contributed by atoms with van der Waals surface area (Å²) >= 11 is 14.1. The maximum atomic E-state index is 12.7. The number of benzene rings is 2. The number of halogens is 2. The molecule has 3 nitrogen and oxygen atoms in total. The number of nitrogens with one attached hydrogen (secondary N) is 1. The third-order valence-corrected chi connectivity index (χ3v) is 6.09. The van der Waals surface area contributed by atoms with E-state index in [1.54, 1.807) is 22.7 Å². The van der Waals surface area contributed by atoms with Gasteiger partial charge in [0.1, 0.15) is 5.37 Å². The topological polar surface area (TPSA) is 32.3 Å². The van der Waals surface area contributed by atoms with Crippen LogP contribution in [0.4, 0.5) is 10.5 Å². The van der Waals surface area contributed by atoms with E-state index >= 15 is 0 Å². The molecule has 1 N–H and O–H groups in total. The SMILES string of the molecule is CCc1ccc(NC(=O)N2CCS[C@H]2c2cccc(Cl)c2Cl)cc1. The van der Waals surface area contributed by atoms with Crippen molar-refractivity contribution < 1.29 is 4.79 Å². The van der Waals surface area contributed by atoms with E-state index in [9.17, 15) is 4.79 Å². The molecule has 0 unspecified atom stereocenters. The Balaban J connectivity index is 1.77. The Bertz CT molecular complexity index is 736. The van der Waals surface area contributed by atoms with Gasteiger partial charge in [-0.05, 0) is 30.2 Å². The van der Waals surface area contributed by atoms with Crippen molar-refractivity contribution in [2.24, 2.45) is 0 Å². The van der Waals surface area contributed by atoms with Gasteiger partial charge in [-0.15, -0.1) is 11.8 Å². The molecule has 24 heavy (non-hydrogen) atoms. The van der Waals surface area contributed by atoms with Crippen LogP contribution in [0.5, 0.6) is 0 Å². The number of urea groups is 1. The number of thioether (sulfide) groups is 1. The number of nitrogens with zero attached hydrogens (tertiary/aromatic N) is 1. The molecule has 1 aliphatic heterocycles.